The molecule has 0 aromatic carbocycles. The molecule has 0 aliphatic carbocycles. The number of hydrogen-bond acceptors (Lipinski definition) is 4. The van der Waals surface area contributed by atoms with E-state index < -0.39 is 11.4 Å². The van der Waals surface area contributed by atoms with E-state index in [1.165, 1.54) is 0 Å². The lowest BCUT2D eigenvalue weighted by Gasteiger charge is -2.33. The Hall–Kier alpha value is -1.10. The number of carboxylic acids is 1. The highest BCUT2D eigenvalue weighted by Crippen LogP contribution is 2.36. The lowest BCUT2D eigenvalue weighted by Crippen LogP contribution is -2.39. The van der Waals surface area contributed by atoms with E-state index in [-0.39, 0.29) is 24.4 Å². The molecule has 0 aromatic heterocycles. The second-order valence-corrected chi connectivity index (χ2v) is 6.02. The Labute approximate surface area is 120 Å². The van der Waals surface area contributed by atoms with Crippen molar-refractivity contribution < 1.29 is 24.2 Å². The van der Waals surface area contributed by atoms with Gasteiger partial charge in [-0.1, -0.05) is 20.8 Å². The van der Waals surface area contributed by atoms with Crippen molar-refractivity contribution in [3.8, 4) is 0 Å². The summed E-state index contributed by atoms with van der Waals surface area (Å²) in [4.78, 5) is 23.6. The van der Waals surface area contributed by atoms with Crippen LogP contribution >= 0.6 is 0 Å². The number of rotatable bonds is 7. The number of carbonyl (C=O) groups is 2. The first-order valence-corrected chi connectivity index (χ1v) is 7.40. The minimum Gasteiger partial charge on any atom is -0.481 e. The smallest absolute Gasteiger partial charge is 0.312 e. The summed E-state index contributed by atoms with van der Waals surface area (Å²) in [7, 11) is 0. The van der Waals surface area contributed by atoms with Gasteiger partial charge < -0.3 is 14.6 Å². The van der Waals surface area contributed by atoms with Crippen LogP contribution in [-0.4, -0.2) is 36.4 Å². The summed E-state index contributed by atoms with van der Waals surface area (Å²) >= 11 is 0. The first-order valence-electron chi connectivity index (χ1n) is 7.40. The molecule has 1 rings (SSSR count). The molecule has 1 aliphatic rings. The molecule has 0 radical (unpaired) electrons. The van der Waals surface area contributed by atoms with Crippen molar-refractivity contribution in [2.75, 3.05) is 13.2 Å². The number of carboxylic acid groups (broad SMARTS) is 1. The summed E-state index contributed by atoms with van der Waals surface area (Å²) in [5.41, 5.74) is -0.904. The van der Waals surface area contributed by atoms with Crippen LogP contribution in [0, 0.1) is 11.3 Å². The van der Waals surface area contributed by atoms with E-state index in [0.29, 0.717) is 38.9 Å². The average Bonchev–Trinajstić information content (AvgIpc) is 2.37. The van der Waals surface area contributed by atoms with Gasteiger partial charge in [-0.2, -0.15) is 0 Å². The van der Waals surface area contributed by atoms with Crippen LogP contribution in [0.25, 0.3) is 0 Å². The zero-order chi connectivity index (χ0) is 15.2. The molecule has 0 amide bonds. The fourth-order valence-electron chi connectivity index (χ4n) is 2.78. The van der Waals surface area contributed by atoms with Crippen LogP contribution in [0.3, 0.4) is 0 Å². The lowest BCUT2D eigenvalue weighted by molar-refractivity contribution is -0.171. The zero-order valence-corrected chi connectivity index (χ0v) is 12.7. The minimum absolute atomic E-state index is 0.136. The number of aliphatic carboxylic acids is 1. The van der Waals surface area contributed by atoms with E-state index in [0.717, 1.165) is 0 Å². The molecule has 0 bridgehead atoms. The van der Waals surface area contributed by atoms with Crippen LogP contribution < -0.4 is 0 Å². The van der Waals surface area contributed by atoms with E-state index in [9.17, 15) is 9.59 Å². The van der Waals surface area contributed by atoms with Gasteiger partial charge in [0.15, 0.2) is 0 Å². The maximum atomic E-state index is 12.5. The first kappa shape index (κ1) is 17.0. The summed E-state index contributed by atoms with van der Waals surface area (Å²) in [5.74, 6) is -1.06. The predicted octanol–water partition coefficient (Wildman–Crippen LogP) is 2.63. The van der Waals surface area contributed by atoms with Crippen molar-refractivity contribution in [3.63, 3.8) is 0 Å². The quantitative estimate of drug-likeness (QED) is 0.728. The molecule has 0 saturated carbocycles. The van der Waals surface area contributed by atoms with E-state index in [4.69, 9.17) is 14.6 Å². The van der Waals surface area contributed by atoms with Gasteiger partial charge in [0.25, 0.3) is 0 Å². The molecule has 5 heteroatoms. The normalized spacial score (nSPS) is 19.6. The molecule has 1 saturated heterocycles. The van der Waals surface area contributed by atoms with Gasteiger partial charge in [-0.3, -0.25) is 9.59 Å². The Morgan fingerprint density at radius 1 is 1.35 bits per heavy atom. The van der Waals surface area contributed by atoms with Gasteiger partial charge in [-0.25, -0.2) is 0 Å². The average molecular weight is 286 g/mol. The number of ether oxygens (including phenoxy) is 2. The summed E-state index contributed by atoms with van der Waals surface area (Å²) in [6.07, 6.45) is 2.12. The maximum Gasteiger partial charge on any atom is 0.312 e. The highest BCUT2D eigenvalue weighted by molar-refractivity contribution is 5.83. The number of esters is 1. The van der Waals surface area contributed by atoms with Crippen LogP contribution in [0.1, 0.15) is 52.9 Å². The Morgan fingerprint density at radius 2 is 1.95 bits per heavy atom. The second kappa shape index (κ2) is 7.62. The summed E-state index contributed by atoms with van der Waals surface area (Å²) in [6, 6.07) is 0. The van der Waals surface area contributed by atoms with Gasteiger partial charge in [-0.05, 0) is 18.8 Å². The molecule has 1 fully saturated rings. The molecular formula is C15H26O5. The molecule has 1 heterocycles. The summed E-state index contributed by atoms with van der Waals surface area (Å²) in [6.45, 7) is 7.04. The van der Waals surface area contributed by atoms with Crippen molar-refractivity contribution in [1.82, 2.24) is 0 Å². The van der Waals surface area contributed by atoms with Crippen LogP contribution in [-0.2, 0) is 19.1 Å². The van der Waals surface area contributed by atoms with Crippen molar-refractivity contribution in [3.05, 3.63) is 0 Å². The molecule has 0 aromatic rings. The van der Waals surface area contributed by atoms with Gasteiger partial charge in [0.05, 0.1) is 25.0 Å². The van der Waals surface area contributed by atoms with Gasteiger partial charge in [0.1, 0.15) is 6.10 Å². The van der Waals surface area contributed by atoms with Crippen LogP contribution in [0.2, 0.25) is 0 Å². The number of carbonyl (C=O) groups excluding carboxylic acids is 1. The van der Waals surface area contributed by atoms with E-state index in [1.807, 2.05) is 20.8 Å². The van der Waals surface area contributed by atoms with Gasteiger partial charge in [0, 0.05) is 12.8 Å². The molecular weight excluding hydrogens is 260 g/mol. The van der Waals surface area contributed by atoms with Crippen molar-refractivity contribution in [2.24, 2.45) is 11.3 Å². The first-order chi connectivity index (χ1) is 9.39. The van der Waals surface area contributed by atoms with Gasteiger partial charge in [0.2, 0.25) is 0 Å². The van der Waals surface area contributed by atoms with Crippen molar-refractivity contribution >= 4 is 11.9 Å². The Balaban J connectivity index is 2.78. The Morgan fingerprint density at radius 3 is 2.40 bits per heavy atom. The Kier molecular flexibility index (Phi) is 6.46. The van der Waals surface area contributed by atoms with E-state index >= 15 is 0 Å². The Bertz CT molecular complexity index is 333. The second-order valence-electron chi connectivity index (χ2n) is 6.02. The van der Waals surface area contributed by atoms with Crippen LogP contribution in [0.15, 0.2) is 0 Å². The third-order valence-corrected chi connectivity index (χ3v) is 3.84. The SMILES string of the molecule is CC[C@](CC(=O)O)(CC(C)C)C(=O)OC1CCOCC1. The molecule has 116 valence electrons. The fraction of sp³-hybridized carbons (Fsp3) is 0.867. The van der Waals surface area contributed by atoms with E-state index in [1.54, 1.807) is 0 Å². The van der Waals surface area contributed by atoms with E-state index in [2.05, 4.69) is 0 Å². The topological polar surface area (TPSA) is 72.8 Å². The highest BCUT2D eigenvalue weighted by atomic mass is 16.6. The summed E-state index contributed by atoms with van der Waals surface area (Å²) < 4.78 is 10.8. The molecule has 1 aliphatic heterocycles. The standard InChI is InChI=1S/C15H26O5/c1-4-15(9-11(2)3,10-13(16)17)14(18)20-12-5-7-19-8-6-12/h11-12H,4-10H2,1-3H3,(H,16,17)/t15-/m1/s1. The third kappa shape index (κ3) is 4.78. The van der Waals surface area contributed by atoms with Crippen LogP contribution in [0.5, 0.6) is 0 Å². The minimum atomic E-state index is -0.948. The molecule has 1 atom stereocenters. The molecule has 0 unspecified atom stereocenters. The summed E-state index contributed by atoms with van der Waals surface area (Å²) in [5, 5.41) is 9.12. The zero-order valence-electron chi connectivity index (χ0n) is 12.7. The van der Waals surface area contributed by atoms with Gasteiger partial charge >= 0.3 is 11.9 Å². The van der Waals surface area contributed by atoms with Crippen molar-refractivity contribution in [2.45, 2.75) is 59.0 Å². The van der Waals surface area contributed by atoms with Crippen LogP contribution in [0.4, 0.5) is 0 Å². The fourth-order valence-corrected chi connectivity index (χ4v) is 2.78. The molecule has 0 spiro atoms. The van der Waals surface area contributed by atoms with Gasteiger partial charge in [-0.15, -0.1) is 0 Å². The molecule has 1 N–H and O–H groups in total. The molecule has 5 nitrogen and oxygen atoms in total. The van der Waals surface area contributed by atoms with Crippen molar-refractivity contribution in [1.29, 1.82) is 0 Å². The maximum absolute atomic E-state index is 12.5. The predicted molar refractivity (Wildman–Crippen MR) is 74.4 cm³/mol. The lowest BCUT2D eigenvalue weighted by atomic mass is 9.75. The third-order valence-electron chi connectivity index (χ3n) is 3.84. The largest absolute Gasteiger partial charge is 0.481 e. The monoisotopic (exact) mass is 286 g/mol. The highest BCUT2D eigenvalue weighted by Gasteiger charge is 2.42. The molecule has 20 heavy (non-hydrogen) atoms. The number of hydrogen-bond donors (Lipinski definition) is 1.